The van der Waals surface area contributed by atoms with Gasteiger partial charge in [-0.1, -0.05) is 47.5 Å². The maximum Gasteiger partial charge on any atom is 0.471 e. The molecule has 1 aliphatic carbocycles. The van der Waals surface area contributed by atoms with Gasteiger partial charge in [-0.3, -0.25) is 19.2 Å². The van der Waals surface area contributed by atoms with E-state index in [-0.39, 0.29) is 24.3 Å². The smallest absolute Gasteiger partial charge is 0.381 e. The lowest BCUT2D eigenvalue weighted by atomic mass is 9.84. The third kappa shape index (κ3) is 7.33. The van der Waals surface area contributed by atoms with Gasteiger partial charge < -0.3 is 26.0 Å². The van der Waals surface area contributed by atoms with E-state index in [1.165, 1.54) is 32.7 Å². The van der Waals surface area contributed by atoms with Gasteiger partial charge in [0.1, 0.15) is 12.1 Å². The number of likely N-dealkylation sites (tertiary alicyclic amines) is 1. The normalized spacial score (nSPS) is 23.1. The monoisotopic (exact) mass is 520 g/mol. The Bertz CT molecular complexity index is 839. The molecule has 2 rings (SSSR count). The van der Waals surface area contributed by atoms with E-state index >= 15 is 0 Å². The molecule has 1 heterocycles. The Labute approximate surface area is 209 Å². The molecule has 0 aromatic heterocycles. The molecule has 9 nitrogen and oxygen atoms in total. The molecular formula is C24H39F3N4O5. The topological polar surface area (TPSA) is 128 Å². The van der Waals surface area contributed by atoms with E-state index in [1.54, 1.807) is 0 Å². The predicted molar refractivity (Wildman–Crippen MR) is 125 cm³/mol. The lowest BCUT2D eigenvalue weighted by Crippen LogP contribution is -2.61. The molecule has 1 aliphatic heterocycles. The molecule has 2 unspecified atom stereocenters. The van der Waals surface area contributed by atoms with Crippen molar-refractivity contribution in [1.82, 2.24) is 20.9 Å². The van der Waals surface area contributed by atoms with Gasteiger partial charge in [0.15, 0.2) is 6.10 Å². The highest BCUT2D eigenvalue weighted by molar-refractivity contribution is 5.94. The molecule has 36 heavy (non-hydrogen) atoms. The van der Waals surface area contributed by atoms with E-state index in [1.807, 2.05) is 19.2 Å². The molecule has 2 fully saturated rings. The molecule has 206 valence electrons. The van der Waals surface area contributed by atoms with Gasteiger partial charge in [-0.2, -0.15) is 13.2 Å². The fourth-order valence-electron chi connectivity index (χ4n) is 4.70. The van der Waals surface area contributed by atoms with E-state index in [0.29, 0.717) is 12.8 Å². The van der Waals surface area contributed by atoms with Crippen molar-refractivity contribution in [3.05, 3.63) is 0 Å². The van der Waals surface area contributed by atoms with E-state index in [9.17, 15) is 37.5 Å². The Hall–Kier alpha value is -2.37. The van der Waals surface area contributed by atoms with Crippen LogP contribution in [0, 0.1) is 23.2 Å². The molecule has 0 radical (unpaired) electrons. The molecule has 0 bridgehead atoms. The Kier molecular flexibility index (Phi) is 9.41. The summed E-state index contributed by atoms with van der Waals surface area (Å²) in [7, 11) is 1.37. The molecule has 1 saturated heterocycles. The summed E-state index contributed by atoms with van der Waals surface area (Å²) >= 11 is 0. The van der Waals surface area contributed by atoms with Gasteiger partial charge >= 0.3 is 12.1 Å². The Morgan fingerprint density at radius 3 is 2.06 bits per heavy atom. The Morgan fingerprint density at radius 1 is 1.03 bits per heavy atom. The zero-order valence-electron chi connectivity index (χ0n) is 21.7. The zero-order chi connectivity index (χ0) is 27.6. The highest BCUT2D eigenvalue weighted by atomic mass is 19.4. The summed E-state index contributed by atoms with van der Waals surface area (Å²) in [6.45, 7) is 8.48. The highest BCUT2D eigenvalue weighted by Gasteiger charge is 2.49. The first kappa shape index (κ1) is 29.9. The number of aliphatic hydroxyl groups excluding tert-OH is 1. The van der Waals surface area contributed by atoms with Crippen LogP contribution < -0.4 is 16.0 Å². The summed E-state index contributed by atoms with van der Waals surface area (Å²) < 4.78 is 38.9. The fourth-order valence-corrected chi connectivity index (χ4v) is 4.70. The zero-order valence-corrected chi connectivity index (χ0v) is 21.7. The standard InChI is InChI=1S/C24H39F3N4O5/c1-12(2)14-9-10-31(21(35)18(23(3,4)5)30-22(36)24(25,26)27)16(14)19(33)29-15(11-13-7-8-13)17(32)20(34)28-6/h12-18,32H,7-11H2,1-6H3,(H,28,34)(H,29,33)(H,30,36)/t14-,15?,16+,17?,18-/m1/s1. The van der Waals surface area contributed by atoms with Crippen molar-refractivity contribution in [3.63, 3.8) is 0 Å². The number of nitrogens with one attached hydrogen (secondary N) is 3. The van der Waals surface area contributed by atoms with Gasteiger partial charge in [-0.25, -0.2) is 0 Å². The first-order valence-corrected chi connectivity index (χ1v) is 12.4. The number of carbonyl (C=O) groups is 4. The number of amides is 4. The van der Waals surface area contributed by atoms with Crippen LogP contribution in [0.25, 0.3) is 0 Å². The number of hydrogen-bond donors (Lipinski definition) is 4. The lowest BCUT2D eigenvalue weighted by molar-refractivity contribution is -0.176. The van der Waals surface area contributed by atoms with Crippen LogP contribution in [-0.4, -0.2) is 77.6 Å². The van der Waals surface area contributed by atoms with E-state index < -0.39 is 59.4 Å². The number of halogens is 3. The summed E-state index contributed by atoms with van der Waals surface area (Å²) in [5.74, 6) is -4.32. The fraction of sp³-hybridized carbons (Fsp3) is 0.833. The predicted octanol–water partition coefficient (Wildman–Crippen LogP) is 1.34. The summed E-state index contributed by atoms with van der Waals surface area (Å²) in [6, 6.07) is -3.42. The van der Waals surface area contributed by atoms with Crippen molar-refractivity contribution in [2.45, 2.75) is 90.7 Å². The van der Waals surface area contributed by atoms with Crippen LogP contribution in [0.1, 0.15) is 60.3 Å². The summed E-state index contributed by atoms with van der Waals surface area (Å²) in [6.07, 6.45) is -3.99. The molecular weight excluding hydrogens is 481 g/mol. The average molecular weight is 521 g/mol. The summed E-state index contributed by atoms with van der Waals surface area (Å²) in [4.78, 5) is 52.1. The lowest BCUT2D eigenvalue weighted by Gasteiger charge is -2.37. The van der Waals surface area contributed by atoms with Gasteiger partial charge in [-0.15, -0.1) is 0 Å². The minimum atomic E-state index is -5.17. The van der Waals surface area contributed by atoms with Crippen molar-refractivity contribution in [1.29, 1.82) is 0 Å². The van der Waals surface area contributed by atoms with Crippen LogP contribution in [0.15, 0.2) is 0 Å². The number of likely N-dealkylation sites (N-methyl/N-ethyl adjacent to an activating group) is 1. The van der Waals surface area contributed by atoms with Crippen LogP contribution in [0.5, 0.6) is 0 Å². The number of aliphatic hydroxyl groups is 1. The maximum atomic E-state index is 13.5. The van der Waals surface area contributed by atoms with Crippen LogP contribution in [0.4, 0.5) is 13.2 Å². The summed E-state index contributed by atoms with van der Waals surface area (Å²) in [5, 5.41) is 17.4. The Balaban J connectivity index is 2.33. The molecule has 0 spiro atoms. The van der Waals surface area contributed by atoms with E-state index in [4.69, 9.17) is 0 Å². The van der Waals surface area contributed by atoms with Crippen molar-refractivity contribution < 1.29 is 37.5 Å². The van der Waals surface area contributed by atoms with Crippen LogP contribution in [0.3, 0.4) is 0 Å². The third-order valence-electron chi connectivity index (χ3n) is 7.01. The summed E-state index contributed by atoms with van der Waals surface area (Å²) in [5.41, 5.74) is -1.07. The van der Waals surface area contributed by atoms with Gasteiger partial charge in [0, 0.05) is 13.6 Å². The van der Waals surface area contributed by atoms with E-state index in [2.05, 4.69) is 10.6 Å². The Morgan fingerprint density at radius 2 is 1.61 bits per heavy atom. The second-order valence-electron chi connectivity index (χ2n) is 11.3. The number of nitrogens with zero attached hydrogens (tertiary/aromatic N) is 1. The highest BCUT2D eigenvalue weighted by Crippen LogP contribution is 2.36. The molecule has 2 aliphatic rings. The number of carbonyl (C=O) groups excluding carboxylic acids is 4. The second kappa shape index (κ2) is 11.4. The van der Waals surface area contributed by atoms with Crippen LogP contribution in [-0.2, 0) is 19.2 Å². The van der Waals surface area contributed by atoms with Gasteiger partial charge in [0.25, 0.3) is 5.91 Å². The molecule has 12 heteroatoms. The van der Waals surface area contributed by atoms with Gasteiger partial charge in [-0.05, 0) is 36.0 Å². The first-order chi connectivity index (χ1) is 16.5. The SMILES string of the molecule is CNC(=O)C(O)C(CC1CC1)NC(=O)[C@@H]1[C@@H](C(C)C)CCN1C(=O)[C@@H](NC(=O)C(F)(F)F)C(C)(C)C. The van der Waals surface area contributed by atoms with Crippen LogP contribution >= 0.6 is 0 Å². The quantitative estimate of drug-likeness (QED) is 0.365. The van der Waals surface area contributed by atoms with E-state index in [0.717, 1.165) is 12.8 Å². The number of hydrogen-bond acceptors (Lipinski definition) is 5. The third-order valence-corrected chi connectivity index (χ3v) is 7.01. The largest absolute Gasteiger partial charge is 0.471 e. The van der Waals surface area contributed by atoms with Crippen molar-refractivity contribution >= 4 is 23.6 Å². The molecule has 0 aromatic rings. The van der Waals surface area contributed by atoms with Gasteiger partial charge in [0.05, 0.1) is 6.04 Å². The minimum Gasteiger partial charge on any atom is -0.381 e. The first-order valence-electron chi connectivity index (χ1n) is 12.4. The average Bonchev–Trinajstić information content (AvgIpc) is 3.46. The molecule has 4 N–H and O–H groups in total. The molecule has 0 aromatic carbocycles. The van der Waals surface area contributed by atoms with Crippen molar-refractivity contribution in [3.8, 4) is 0 Å². The maximum absolute atomic E-state index is 13.5. The molecule has 1 saturated carbocycles. The van der Waals surface area contributed by atoms with Crippen LogP contribution in [0.2, 0.25) is 0 Å². The second-order valence-corrected chi connectivity index (χ2v) is 11.3. The minimum absolute atomic E-state index is 0.0397. The molecule has 4 amide bonds. The van der Waals surface area contributed by atoms with Crippen molar-refractivity contribution in [2.24, 2.45) is 23.2 Å². The van der Waals surface area contributed by atoms with Gasteiger partial charge in [0.2, 0.25) is 11.8 Å². The molecule has 5 atom stereocenters. The number of alkyl halides is 3. The van der Waals surface area contributed by atoms with Crippen molar-refractivity contribution in [2.75, 3.05) is 13.6 Å². The number of rotatable bonds is 9.